The van der Waals surface area contributed by atoms with Crippen LogP contribution in [0.25, 0.3) is 21.4 Å². The number of anilines is 1. The molecule has 0 saturated heterocycles. The second-order valence-corrected chi connectivity index (χ2v) is 8.17. The van der Waals surface area contributed by atoms with E-state index in [1.807, 2.05) is 18.5 Å². The van der Waals surface area contributed by atoms with E-state index in [2.05, 4.69) is 38.1 Å². The molecule has 138 valence electrons. The average Bonchev–Trinajstić information content (AvgIpc) is 3.27. The molecule has 0 aliphatic heterocycles. The molecule has 0 unspecified atom stereocenters. The summed E-state index contributed by atoms with van der Waals surface area (Å²) in [5.41, 5.74) is 4.00. The third kappa shape index (κ3) is 3.28. The molecule has 4 aromatic rings. The van der Waals surface area contributed by atoms with Crippen molar-refractivity contribution in [2.75, 3.05) is 5.32 Å². The van der Waals surface area contributed by atoms with Gasteiger partial charge in [-0.25, -0.2) is 15.0 Å². The molecule has 1 saturated carbocycles. The van der Waals surface area contributed by atoms with Crippen molar-refractivity contribution in [1.82, 2.24) is 19.5 Å². The van der Waals surface area contributed by atoms with E-state index in [0.717, 1.165) is 58.7 Å². The quantitative estimate of drug-likeness (QED) is 0.564. The van der Waals surface area contributed by atoms with Crippen molar-refractivity contribution in [3.8, 4) is 0 Å². The van der Waals surface area contributed by atoms with Gasteiger partial charge in [0.15, 0.2) is 10.8 Å². The van der Waals surface area contributed by atoms with E-state index in [0.29, 0.717) is 0 Å². The Hall–Kier alpha value is -2.51. The maximum Gasteiger partial charge on any atom is 0.184 e. The molecular weight excluding hydrogens is 358 g/mol. The Morgan fingerprint density at radius 1 is 1.15 bits per heavy atom. The molecule has 1 aliphatic rings. The number of nitrogens with zero attached hydrogens (tertiary/aromatic N) is 4. The smallest absolute Gasteiger partial charge is 0.184 e. The Bertz CT molecular complexity index is 1090. The molecule has 0 amide bonds. The summed E-state index contributed by atoms with van der Waals surface area (Å²) in [6, 6.07) is 10.3. The van der Waals surface area contributed by atoms with Gasteiger partial charge in [0, 0.05) is 6.20 Å². The highest BCUT2D eigenvalue weighted by Gasteiger charge is 2.23. The van der Waals surface area contributed by atoms with Gasteiger partial charge >= 0.3 is 0 Å². The van der Waals surface area contributed by atoms with Gasteiger partial charge in [-0.2, -0.15) is 0 Å². The van der Waals surface area contributed by atoms with Gasteiger partial charge in [-0.05, 0) is 42.7 Å². The monoisotopic (exact) mass is 379 g/mol. The number of aliphatic hydroxyl groups excluding tert-OH is 1. The van der Waals surface area contributed by atoms with Crippen LogP contribution in [0.5, 0.6) is 0 Å². The lowest BCUT2D eigenvalue weighted by Crippen LogP contribution is -2.36. The Morgan fingerprint density at radius 2 is 2.07 bits per heavy atom. The van der Waals surface area contributed by atoms with Crippen LogP contribution in [0.15, 0.2) is 42.9 Å². The molecule has 5 rings (SSSR count). The van der Waals surface area contributed by atoms with E-state index in [-0.39, 0.29) is 12.1 Å². The zero-order chi connectivity index (χ0) is 18.2. The summed E-state index contributed by atoms with van der Waals surface area (Å²) < 4.78 is 3.22. The fourth-order valence-corrected chi connectivity index (χ4v) is 4.77. The molecule has 1 aromatic carbocycles. The Kier molecular flexibility index (Phi) is 4.26. The minimum Gasteiger partial charge on any atom is -0.391 e. The molecule has 6 nitrogen and oxygen atoms in total. The van der Waals surface area contributed by atoms with Crippen LogP contribution in [0.2, 0.25) is 0 Å². The van der Waals surface area contributed by atoms with Crippen LogP contribution in [0.4, 0.5) is 5.13 Å². The van der Waals surface area contributed by atoms with Crippen molar-refractivity contribution in [1.29, 1.82) is 0 Å². The number of fused-ring (bicyclic) bond motifs is 2. The number of pyridine rings is 1. The third-order valence-corrected chi connectivity index (χ3v) is 6.17. The van der Waals surface area contributed by atoms with Crippen LogP contribution in [0.1, 0.15) is 31.2 Å². The lowest BCUT2D eigenvalue weighted by Gasteiger charge is -2.27. The SMILES string of the molecule is O[C@@H]1CCCC[C@H]1Nc1nc2ccc(Cn3cnc4cccnc43)cc2s1. The summed E-state index contributed by atoms with van der Waals surface area (Å²) in [5, 5.41) is 14.5. The van der Waals surface area contributed by atoms with Crippen molar-refractivity contribution in [2.24, 2.45) is 0 Å². The van der Waals surface area contributed by atoms with Gasteiger partial charge in [0.2, 0.25) is 0 Å². The van der Waals surface area contributed by atoms with Crippen LogP contribution in [0, 0.1) is 0 Å². The van der Waals surface area contributed by atoms with Crippen molar-refractivity contribution in [3.05, 3.63) is 48.4 Å². The highest BCUT2D eigenvalue weighted by atomic mass is 32.1. The maximum absolute atomic E-state index is 10.2. The normalized spacial score (nSPS) is 20.3. The van der Waals surface area contributed by atoms with Crippen LogP contribution < -0.4 is 5.32 Å². The van der Waals surface area contributed by atoms with E-state index in [1.165, 1.54) is 5.56 Å². The predicted molar refractivity (Wildman–Crippen MR) is 108 cm³/mol. The van der Waals surface area contributed by atoms with Gasteiger partial charge in [0.05, 0.1) is 35.2 Å². The highest BCUT2D eigenvalue weighted by Crippen LogP contribution is 2.30. The summed E-state index contributed by atoms with van der Waals surface area (Å²) in [6.45, 7) is 0.728. The van der Waals surface area contributed by atoms with Crippen LogP contribution in [0.3, 0.4) is 0 Å². The maximum atomic E-state index is 10.2. The van der Waals surface area contributed by atoms with Crippen LogP contribution in [-0.2, 0) is 6.54 Å². The van der Waals surface area contributed by atoms with Gasteiger partial charge in [0.25, 0.3) is 0 Å². The third-order valence-electron chi connectivity index (χ3n) is 5.22. The van der Waals surface area contributed by atoms with Gasteiger partial charge in [-0.15, -0.1) is 0 Å². The van der Waals surface area contributed by atoms with Gasteiger partial charge in [-0.1, -0.05) is 30.2 Å². The number of hydrogen-bond donors (Lipinski definition) is 2. The highest BCUT2D eigenvalue weighted by molar-refractivity contribution is 7.22. The first-order valence-corrected chi connectivity index (χ1v) is 10.2. The number of aromatic nitrogens is 4. The zero-order valence-electron chi connectivity index (χ0n) is 14.9. The van der Waals surface area contributed by atoms with Crippen molar-refractivity contribution in [3.63, 3.8) is 0 Å². The molecule has 27 heavy (non-hydrogen) atoms. The number of hydrogen-bond acceptors (Lipinski definition) is 6. The molecule has 1 fully saturated rings. The molecular formula is C20H21N5OS. The molecule has 1 aliphatic carbocycles. The van der Waals surface area contributed by atoms with Crippen molar-refractivity contribution in [2.45, 2.75) is 44.4 Å². The van der Waals surface area contributed by atoms with E-state index in [1.54, 1.807) is 17.5 Å². The number of thiazole rings is 1. The summed E-state index contributed by atoms with van der Waals surface area (Å²) in [4.78, 5) is 13.5. The zero-order valence-corrected chi connectivity index (χ0v) is 15.7. The molecule has 3 heterocycles. The average molecular weight is 379 g/mol. The Labute approximate surface area is 160 Å². The minimum atomic E-state index is -0.275. The Balaban J connectivity index is 1.39. The van der Waals surface area contributed by atoms with E-state index in [9.17, 15) is 5.11 Å². The number of rotatable bonds is 4. The summed E-state index contributed by atoms with van der Waals surface area (Å²) in [7, 11) is 0. The minimum absolute atomic E-state index is 0.113. The number of aliphatic hydroxyl groups is 1. The van der Waals surface area contributed by atoms with Gasteiger partial charge in [-0.3, -0.25) is 0 Å². The lowest BCUT2D eigenvalue weighted by atomic mass is 9.93. The number of benzene rings is 1. The predicted octanol–water partition coefficient (Wildman–Crippen LogP) is 3.80. The van der Waals surface area contributed by atoms with Crippen LogP contribution in [-0.4, -0.2) is 36.8 Å². The Morgan fingerprint density at radius 3 is 3.00 bits per heavy atom. The molecule has 2 N–H and O–H groups in total. The lowest BCUT2D eigenvalue weighted by molar-refractivity contribution is 0.116. The molecule has 7 heteroatoms. The van der Waals surface area contributed by atoms with Gasteiger partial charge in [0.1, 0.15) is 5.52 Å². The van der Waals surface area contributed by atoms with Gasteiger partial charge < -0.3 is 15.0 Å². The second-order valence-electron chi connectivity index (χ2n) is 7.14. The van der Waals surface area contributed by atoms with Crippen molar-refractivity contribution >= 4 is 37.8 Å². The van der Waals surface area contributed by atoms with E-state index >= 15 is 0 Å². The summed E-state index contributed by atoms with van der Waals surface area (Å²) >= 11 is 1.65. The molecule has 0 radical (unpaired) electrons. The first-order valence-electron chi connectivity index (χ1n) is 9.36. The largest absolute Gasteiger partial charge is 0.391 e. The first kappa shape index (κ1) is 16.6. The molecule has 0 bridgehead atoms. The second kappa shape index (κ2) is 6.90. The number of imidazole rings is 1. The van der Waals surface area contributed by atoms with E-state index < -0.39 is 0 Å². The summed E-state index contributed by atoms with van der Waals surface area (Å²) in [6.07, 6.45) is 7.51. The molecule has 3 aromatic heterocycles. The van der Waals surface area contributed by atoms with E-state index in [4.69, 9.17) is 4.98 Å². The number of nitrogens with one attached hydrogen (secondary N) is 1. The summed E-state index contributed by atoms with van der Waals surface area (Å²) in [5.74, 6) is 0. The standard InChI is InChI=1S/C20H21N5OS/c26-17-6-2-1-4-14(17)23-20-24-15-8-7-13(10-18(15)27-20)11-25-12-22-16-5-3-9-21-19(16)25/h3,5,7-10,12,14,17,26H,1-2,4,6,11H2,(H,23,24)/t14-,17-/m1/s1. The topological polar surface area (TPSA) is 75.9 Å². The first-order chi connectivity index (χ1) is 13.3. The molecule has 0 spiro atoms. The molecule has 2 atom stereocenters. The fourth-order valence-electron chi connectivity index (χ4n) is 3.78. The van der Waals surface area contributed by atoms with Crippen LogP contribution >= 0.6 is 11.3 Å². The van der Waals surface area contributed by atoms with Crippen molar-refractivity contribution < 1.29 is 5.11 Å². The fraction of sp³-hybridized carbons (Fsp3) is 0.350.